The molecule has 0 aliphatic carbocycles. The summed E-state index contributed by atoms with van der Waals surface area (Å²) >= 11 is 0. The van der Waals surface area contributed by atoms with E-state index in [-0.39, 0.29) is 18.9 Å². The fraction of sp³-hybridized carbons (Fsp3) is 0.438. The number of amides is 2. The zero-order valence-electron chi connectivity index (χ0n) is 13.3. The molecule has 0 fully saturated rings. The van der Waals surface area contributed by atoms with Crippen molar-refractivity contribution in [3.05, 3.63) is 24.3 Å². The zero-order valence-corrected chi connectivity index (χ0v) is 13.3. The zero-order chi connectivity index (χ0) is 17.2. The Bertz CT molecular complexity index is 645. The Balaban J connectivity index is 2.20. The summed E-state index contributed by atoms with van der Waals surface area (Å²) in [5.74, 6) is -1.47. The number of nitrogens with zero attached hydrogens (tertiary/aromatic N) is 1. The number of hydrogen-bond donors (Lipinski definition) is 2. The SMILES string of the molecule is CCC(C)(NC(=O)CN1C(=O)C(C)Oc2ccccc21)C(=O)O. The smallest absolute Gasteiger partial charge is 0.329 e. The second-order valence-corrected chi connectivity index (χ2v) is 5.69. The molecule has 1 aromatic carbocycles. The van der Waals surface area contributed by atoms with Crippen molar-refractivity contribution in [2.24, 2.45) is 0 Å². The maximum Gasteiger partial charge on any atom is 0.329 e. The number of hydrogen-bond acceptors (Lipinski definition) is 4. The second kappa shape index (κ2) is 6.28. The molecule has 2 N–H and O–H groups in total. The normalized spacial score (nSPS) is 19.3. The number of fused-ring (bicyclic) bond motifs is 1. The lowest BCUT2D eigenvalue weighted by Gasteiger charge is -2.33. The highest BCUT2D eigenvalue weighted by Gasteiger charge is 2.36. The van der Waals surface area contributed by atoms with Crippen molar-refractivity contribution in [2.45, 2.75) is 38.8 Å². The van der Waals surface area contributed by atoms with Crippen LogP contribution in [0.2, 0.25) is 0 Å². The van der Waals surface area contributed by atoms with Gasteiger partial charge in [0.15, 0.2) is 6.10 Å². The van der Waals surface area contributed by atoms with Crippen molar-refractivity contribution in [2.75, 3.05) is 11.4 Å². The molecule has 0 spiro atoms. The second-order valence-electron chi connectivity index (χ2n) is 5.69. The summed E-state index contributed by atoms with van der Waals surface area (Å²) in [4.78, 5) is 37.1. The van der Waals surface area contributed by atoms with Gasteiger partial charge in [0.25, 0.3) is 5.91 Å². The quantitative estimate of drug-likeness (QED) is 0.849. The van der Waals surface area contributed by atoms with Gasteiger partial charge < -0.3 is 15.2 Å². The minimum Gasteiger partial charge on any atom is -0.480 e. The molecular formula is C16H20N2O5. The molecule has 0 aromatic heterocycles. The monoisotopic (exact) mass is 320 g/mol. The third kappa shape index (κ3) is 3.28. The first-order chi connectivity index (χ1) is 10.8. The Morgan fingerprint density at radius 2 is 2.04 bits per heavy atom. The molecule has 1 aliphatic rings. The molecule has 1 heterocycles. The van der Waals surface area contributed by atoms with Crippen LogP contribution in [0.4, 0.5) is 5.69 Å². The average Bonchev–Trinajstić information content (AvgIpc) is 2.51. The van der Waals surface area contributed by atoms with Gasteiger partial charge in [-0.3, -0.25) is 14.5 Å². The highest BCUT2D eigenvalue weighted by molar-refractivity contribution is 6.04. The number of aliphatic carboxylic acids is 1. The number of benzene rings is 1. The standard InChI is InChI=1S/C16H20N2O5/c1-4-16(3,15(21)22)17-13(19)9-18-11-7-5-6-8-12(11)23-10(2)14(18)20/h5-8,10H,4,9H2,1-3H3,(H,17,19)(H,21,22). The van der Waals surface area contributed by atoms with Gasteiger partial charge in [-0.1, -0.05) is 19.1 Å². The average molecular weight is 320 g/mol. The summed E-state index contributed by atoms with van der Waals surface area (Å²) in [6.45, 7) is 4.46. The molecule has 2 unspecified atom stereocenters. The first kappa shape index (κ1) is 16.8. The Kier molecular flexibility index (Phi) is 4.58. The number of rotatable bonds is 5. The van der Waals surface area contributed by atoms with Crippen LogP contribution in [0.3, 0.4) is 0 Å². The van der Waals surface area contributed by atoms with Crippen LogP contribution < -0.4 is 15.0 Å². The molecule has 1 aromatic rings. The maximum absolute atomic E-state index is 12.3. The lowest BCUT2D eigenvalue weighted by Crippen LogP contribution is -2.56. The van der Waals surface area contributed by atoms with Gasteiger partial charge in [-0.2, -0.15) is 0 Å². The van der Waals surface area contributed by atoms with Crippen LogP contribution in [-0.2, 0) is 14.4 Å². The van der Waals surface area contributed by atoms with E-state index in [1.54, 1.807) is 38.1 Å². The summed E-state index contributed by atoms with van der Waals surface area (Å²) in [7, 11) is 0. The minimum absolute atomic E-state index is 0.234. The summed E-state index contributed by atoms with van der Waals surface area (Å²) in [6, 6.07) is 6.92. The molecule has 2 rings (SSSR count). The van der Waals surface area contributed by atoms with Crippen molar-refractivity contribution in [3.63, 3.8) is 0 Å². The van der Waals surface area contributed by atoms with E-state index in [2.05, 4.69) is 5.32 Å². The third-order valence-electron chi connectivity index (χ3n) is 3.97. The van der Waals surface area contributed by atoms with Crippen LogP contribution in [0.15, 0.2) is 24.3 Å². The molecule has 7 nitrogen and oxygen atoms in total. The van der Waals surface area contributed by atoms with E-state index in [1.165, 1.54) is 11.8 Å². The number of carboxylic acids is 1. The Morgan fingerprint density at radius 3 is 2.65 bits per heavy atom. The van der Waals surface area contributed by atoms with Gasteiger partial charge >= 0.3 is 5.97 Å². The van der Waals surface area contributed by atoms with E-state index in [0.29, 0.717) is 11.4 Å². The van der Waals surface area contributed by atoms with Gasteiger partial charge in [0.2, 0.25) is 5.91 Å². The molecule has 1 aliphatic heterocycles. The first-order valence-electron chi connectivity index (χ1n) is 7.40. The van der Waals surface area contributed by atoms with Gasteiger partial charge in [-0.25, -0.2) is 4.79 Å². The predicted molar refractivity (Wildman–Crippen MR) is 83.4 cm³/mol. The molecule has 7 heteroatoms. The van der Waals surface area contributed by atoms with E-state index in [4.69, 9.17) is 4.74 Å². The Hall–Kier alpha value is -2.57. The highest BCUT2D eigenvalue weighted by Crippen LogP contribution is 2.33. The molecule has 2 atom stereocenters. The highest BCUT2D eigenvalue weighted by atomic mass is 16.5. The number of para-hydroxylation sites is 2. The van der Waals surface area contributed by atoms with Gasteiger partial charge in [-0.05, 0) is 32.4 Å². The van der Waals surface area contributed by atoms with Crippen LogP contribution in [0.1, 0.15) is 27.2 Å². The largest absolute Gasteiger partial charge is 0.480 e. The van der Waals surface area contributed by atoms with Gasteiger partial charge in [0, 0.05) is 0 Å². The van der Waals surface area contributed by atoms with Crippen LogP contribution in [0.5, 0.6) is 5.75 Å². The fourth-order valence-electron chi connectivity index (χ4n) is 2.31. The molecule has 23 heavy (non-hydrogen) atoms. The van der Waals surface area contributed by atoms with Crippen LogP contribution in [0, 0.1) is 0 Å². The Labute approximate surface area is 134 Å². The van der Waals surface area contributed by atoms with Crippen molar-refractivity contribution < 1.29 is 24.2 Å². The maximum atomic E-state index is 12.3. The lowest BCUT2D eigenvalue weighted by atomic mass is 9.99. The summed E-state index contributed by atoms with van der Waals surface area (Å²) in [5, 5.41) is 11.7. The summed E-state index contributed by atoms with van der Waals surface area (Å²) in [6.07, 6.45) is -0.465. The molecule has 0 saturated carbocycles. The number of anilines is 1. The van der Waals surface area contributed by atoms with Crippen LogP contribution in [-0.4, -0.2) is 41.1 Å². The van der Waals surface area contributed by atoms with E-state index in [0.717, 1.165) is 0 Å². The van der Waals surface area contributed by atoms with Crippen LogP contribution in [0.25, 0.3) is 0 Å². The first-order valence-corrected chi connectivity index (χ1v) is 7.40. The van der Waals surface area contributed by atoms with Crippen molar-refractivity contribution in [1.82, 2.24) is 5.32 Å². The van der Waals surface area contributed by atoms with Crippen molar-refractivity contribution in [1.29, 1.82) is 0 Å². The fourth-order valence-corrected chi connectivity index (χ4v) is 2.31. The van der Waals surface area contributed by atoms with E-state index in [1.807, 2.05) is 0 Å². The van der Waals surface area contributed by atoms with Crippen molar-refractivity contribution in [3.8, 4) is 5.75 Å². The number of carbonyl (C=O) groups excluding carboxylic acids is 2. The van der Waals surface area contributed by atoms with Crippen LogP contribution >= 0.6 is 0 Å². The van der Waals surface area contributed by atoms with E-state index < -0.39 is 23.5 Å². The van der Waals surface area contributed by atoms with Gasteiger partial charge in [0.1, 0.15) is 17.8 Å². The number of carbonyl (C=O) groups is 3. The van der Waals surface area contributed by atoms with E-state index >= 15 is 0 Å². The van der Waals surface area contributed by atoms with Crippen molar-refractivity contribution >= 4 is 23.5 Å². The summed E-state index contributed by atoms with van der Waals surface area (Å²) < 4.78 is 5.50. The lowest BCUT2D eigenvalue weighted by molar-refractivity contribution is -0.146. The van der Waals surface area contributed by atoms with Gasteiger partial charge in [-0.15, -0.1) is 0 Å². The predicted octanol–water partition coefficient (Wildman–Crippen LogP) is 1.17. The van der Waals surface area contributed by atoms with E-state index in [9.17, 15) is 19.5 Å². The third-order valence-corrected chi connectivity index (χ3v) is 3.97. The Morgan fingerprint density at radius 1 is 1.39 bits per heavy atom. The number of carboxylic acid groups (broad SMARTS) is 1. The summed E-state index contributed by atoms with van der Waals surface area (Å²) in [5.41, 5.74) is -0.864. The number of nitrogens with one attached hydrogen (secondary N) is 1. The number of ether oxygens (including phenoxy) is 1. The molecule has 0 radical (unpaired) electrons. The molecule has 2 amide bonds. The topological polar surface area (TPSA) is 95.9 Å². The minimum atomic E-state index is -1.36. The molecule has 124 valence electrons. The molecule has 0 bridgehead atoms. The molecular weight excluding hydrogens is 300 g/mol. The molecule has 0 saturated heterocycles. The van der Waals surface area contributed by atoms with Gasteiger partial charge in [0.05, 0.1) is 5.69 Å².